The Morgan fingerprint density at radius 2 is 1.78 bits per heavy atom. The monoisotopic (exact) mass is 614 g/mol. The van der Waals surface area contributed by atoms with Crippen molar-refractivity contribution in [1.82, 2.24) is 34.1 Å². The number of benzene rings is 1. The molecule has 0 radical (unpaired) electrons. The first kappa shape index (κ1) is 30.7. The van der Waals surface area contributed by atoms with Gasteiger partial charge >= 0.3 is 11.9 Å². The number of rotatable bonds is 9. The predicted molar refractivity (Wildman–Crippen MR) is 145 cm³/mol. The largest absolute Gasteiger partial charge is 0.416 e. The van der Waals surface area contributed by atoms with E-state index in [1.54, 1.807) is 12.1 Å². The summed E-state index contributed by atoms with van der Waals surface area (Å²) in [5.74, 6) is 0.390. The average Bonchev–Trinajstić information content (AvgIpc) is 3.44. The van der Waals surface area contributed by atoms with Crippen LogP contribution in [0.5, 0.6) is 0 Å². The third-order valence-electron chi connectivity index (χ3n) is 5.69. The Hall–Kier alpha value is -3.30. The van der Waals surface area contributed by atoms with Gasteiger partial charge in [0.15, 0.2) is 29.4 Å². The van der Waals surface area contributed by atoms with Gasteiger partial charge in [-0.05, 0) is 57.2 Å². The number of halogens is 5. The number of hydrogen-bond donors (Lipinski definition) is 2. The fraction of sp³-hybridized carbons (Fsp3) is 0.400. The highest BCUT2D eigenvalue weighted by Gasteiger charge is 2.39. The number of pyridine rings is 1. The lowest BCUT2D eigenvalue weighted by Crippen LogP contribution is -2.37. The highest BCUT2D eigenvalue weighted by atomic mass is 35.5. The van der Waals surface area contributed by atoms with E-state index in [9.17, 15) is 23.1 Å². The van der Waals surface area contributed by atoms with Crippen molar-refractivity contribution in [2.45, 2.75) is 57.8 Å². The Morgan fingerprint density at radius 3 is 2.39 bits per heavy atom. The number of aliphatic hydroxyl groups is 1. The smallest absolute Gasteiger partial charge is 0.382 e. The Labute approximate surface area is 242 Å². The maximum atomic E-state index is 13.3. The van der Waals surface area contributed by atoms with Crippen molar-refractivity contribution in [3.05, 3.63) is 74.8 Å². The van der Waals surface area contributed by atoms with Crippen LogP contribution >= 0.6 is 23.2 Å². The second kappa shape index (κ2) is 11.9. The molecule has 11 nitrogen and oxygen atoms in total. The van der Waals surface area contributed by atoms with Crippen LogP contribution in [0.15, 0.2) is 47.4 Å². The van der Waals surface area contributed by atoms with Gasteiger partial charge in [0, 0.05) is 16.8 Å². The lowest BCUT2D eigenvalue weighted by molar-refractivity contribution is -0.207. The summed E-state index contributed by atoms with van der Waals surface area (Å²) in [4.78, 5) is 22.0. The minimum Gasteiger partial charge on any atom is -0.382 e. The first-order valence-electron chi connectivity index (χ1n) is 12.3. The molecule has 3 aromatic heterocycles. The molecule has 0 saturated carbocycles. The van der Waals surface area contributed by atoms with E-state index in [2.05, 4.69) is 20.2 Å². The van der Waals surface area contributed by atoms with E-state index in [1.807, 2.05) is 20.8 Å². The molecule has 0 saturated heterocycles. The van der Waals surface area contributed by atoms with E-state index in [0.29, 0.717) is 10.6 Å². The van der Waals surface area contributed by atoms with Gasteiger partial charge in [-0.1, -0.05) is 23.2 Å². The standard InChI is InChI=1S/C25H27Cl2F3N8O3/c1-24(2,3)41-13-17(31)22-33-19(34-38(22)21-16(27)5-4-10-32-21)12-37-23(40)36(11-18(39)25(28,29)30)20(35-37)14-6-8-15(26)9-7-14/h4-10,17-18,39H,11-13,31H2,1-3H3/t17-,18+/m1/s1. The fourth-order valence-electron chi connectivity index (χ4n) is 3.71. The quantitative estimate of drug-likeness (QED) is 0.290. The minimum absolute atomic E-state index is 0.0544. The summed E-state index contributed by atoms with van der Waals surface area (Å²) in [7, 11) is 0. The van der Waals surface area contributed by atoms with Crippen LogP contribution in [-0.4, -0.2) is 63.7 Å². The summed E-state index contributed by atoms with van der Waals surface area (Å²) in [6.45, 7) is 4.24. The second-order valence-electron chi connectivity index (χ2n) is 10.1. The van der Waals surface area contributed by atoms with Crippen molar-refractivity contribution in [2.24, 2.45) is 5.73 Å². The number of aromatic nitrogens is 7. The number of alkyl halides is 3. The molecule has 3 heterocycles. The fourth-order valence-corrected chi connectivity index (χ4v) is 4.04. The van der Waals surface area contributed by atoms with Crippen molar-refractivity contribution in [3.8, 4) is 17.2 Å². The summed E-state index contributed by atoms with van der Waals surface area (Å²) in [6.07, 6.45) is -6.26. The first-order chi connectivity index (χ1) is 19.1. The van der Waals surface area contributed by atoms with Crippen LogP contribution in [-0.2, 0) is 17.8 Å². The Balaban J connectivity index is 1.77. The molecule has 4 rings (SSSR count). The van der Waals surface area contributed by atoms with Gasteiger partial charge in [0.1, 0.15) is 6.54 Å². The molecule has 220 valence electrons. The number of nitrogens with zero attached hydrogens (tertiary/aromatic N) is 7. The molecule has 16 heteroatoms. The molecule has 0 unspecified atom stereocenters. The summed E-state index contributed by atoms with van der Waals surface area (Å²) in [5.41, 5.74) is 5.28. The molecule has 0 aliphatic rings. The Morgan fingerprint density at radius 1 is 1.10 bits per heavy atom. The van der Waals surface area contributed by atoms with Crippen LogP contribution in [0.1, 0.15) is 38.5 Å². The molecule has 3 N–H and O–H groups in total. The van der Waals surface area contributed by atoms with Crippen LogP contribution < -0.4 is 11.4 Å². The van der Waals surface area contributed by atoms with E-state index in [1.165, 1.54) is 35.1 Å². The molecule has 4 aromatic rings. The van der Waals surface area contributed by atoms with Crippen molar-refractivity contribution >= 4 is 23.2 Å². The van der Waals surface area contributed by atoms with Gasteiger partial charge in [-0.25, -0.2) is 19.4 Å². The molecular weight excluding hydrogens is 588 g/mol. The normalized spacial score (nSPS) is 13.9. The topological polar surface area (TPSA) is 139 Å². The molecule has 0 spiro atoms. The lowest BCUT2D eigenvalue weighted by atomic mass is 10.2. The highest BCUT2D eigenvalue weighted by Crippen LogP contribution is 2.25. The SMILES string of the molecule is CC(C)(C)OC[C@@H](N)c1nc(Cn2nc(-c3ccc(Cl)cc3)n(C[C@H](O)C(F)(F)F)c2=O)nn1-c1ncccc1Cl. The summed E-state index contributed by atoms with van der Waals surface area (Å²) >= 11 is 12.3. The third-order valence-corrected chi connectivity index (χ3v) is 6.24. The van der Waals surface area contributed by atoms with Gasteiger partial charge < -0.3 is 15.6 Å². The van der Waals surface area contributed by atoms with E-state index in [-0.39, 0.29) is 41.5 Å². The van der Waals surface area contributed by atoms with E-state index >= 15 is 0 Å². The summed E-state index contributed by atoms with van der Waals surface area (Å²) in [6, 6.07) is 8.43. The zero-order valence-corrected chi connectivity index (χ0v) is 23.7. The molecule has 0 fully saturated rings. The van der Waals surface area contributed by atoms with Crippen LogP contribution in [0, 0.1) is 0 Å². The molecule has 0 aliphatic carbocycles. The van der Waals surface area contributed by atoms with Gasteiger partial charge in [0.25, 0.3) is 0 Å². The Bertz CT molecular complexity index is 1560. The summed E-state index contributed by atoms with van der Waals surface area (Å²) < 4.78 is 48.3. The number of ether oxygens (including phenoxy) is 1. The van der Waals surface area contributed by atoms with Gasteiger partial charge in [-0.3, -0.25) is 4.57 Å². The summed E-state index contributed by atoms with van der Waals surface area (Å²) in [5, 5.41) is 19.0. The number of aliphatic hydroxyl groups excluding tert-OH is 1. The Kier molecular flexibility index (Phi) is 8.90. The molecule has 0 aliphatic heterocycles. The van der Waals surface area contributed by atoms with Crippen molar-refractivity contribution < 1.29 is 23.0 Å². The molecule has 1 aromatic carbocycles. The maximum Gasteiger partial charge on any atom is 0.416 e. The third kappa shape index (κ3) is 7.32. The number of nitrogens with two attached hydrogens (primary N) is 1. The minimum atomic E-state index is -4.96. The molecular formula is C25H27Cl2F3N8O3. The van der Waals surface area contributed by atoms with E-state index in [0.717, 1.165) is 9.25 Å². The van der Waals surface area contributed by atoms with Gasteiger partial charge in [0.05, 0.1) is 29.8 Å². The van der Waals surface area contributed by atoms with Gasteiger partial charge in [0.2, 0.25) is 0 Å². The zero-order chi connectivity index (χ0) is 30.1. The average molecular weight is 615 g/mol. The van der Waals surface area contributed by atoms with Crippen LogP contribution in [0.25, 0.3) is 17.2 Å². The molecule has 0 amide bonds. The number of hydrogen-bond acceptors (Lipinski definition) is 8. The van der Waals surface area contributed by atoms with Crippen molar-refractivity contribution in [3.63, 3.8) is 0 Å². The van der Waals surface area contributed by atoms with Gasteiger partial charge in [-0.2, -0.15) is 17.9 Å². The highest BCUT2D eigenvalue weighted by molar-refractivity contribution is 6.32. The van der Waals surface area contributed by atoms with E-state index < -0.39 is 36.2 Å². The second-order valence-corrected chi connectivity index (χ2v) is 10.9. The molecule has 2 atom stereocenters. The lowest BCUT2D eigenvalue weighted by Gasteiger charge is -2.22. The zero-order valence-electron chi connectivity index (χ0n) is 22.2. The van der Waals surface area contributed by atoms with Crippen LogP contribution in [0.2, 0.25) is 10.0 Å². The van der Waals surface area contributed by atoms with E-state index in [4.69, 9.17) is 33.7 Å². The predicted octanol–water partition coefficient (Wildman–Crippen LogP) is 3.78. The molecule has 0 bridgehead atoms. The van der Waals surface area contributed by atoms with Gasteiger partial charge in [-0.15, -0.1) is 10.2 Å². The van der Waals surface area contributed by atoms with Crippen molar-refractivity contribution in [2.75, 3.05) is 6.61 Å². The van der Waals surface area contributed by atoms with Crippen LogP contribution in [0.4, 0.5) is 13.2 Å². The first-order valence-corrected chi connectivity index (χ1v) is 13.0. The van der Waals surface area contributed by atoms with Crippen LogP contribution in [0.3, 0.4) is 0 Å². The van der Waals surface area contributed by atoms with Crippen molar-refractivity contribution in [1.29, 1.82) is 0 Å². The maximum absolute atomic E-state index is 13.3. The molecule has 41 heavy (non-hydrogen) atoms.